The number of likely N-dealkylation sites (tertiary alicyclic amines) is 1. The Morgan fingerprint density at radius 1 is 1.22 bits per heavy atom. The lowest BCUT2D eigenvalue weighted by Gasteiger charge is -2.31. The van der Waals surface area contributed by atoms with Gasteiger partial charge in [0.25, 0.3) is 0 Å². The molecule has 1 saturated heterocycles. The summed E-state index contributed by atoms with van der Waals surface area (Å²) < 4.78 is 5.11. The Bertz CT molecular complexity index is 304. The quantitative estimate of drug-likeness (QED) is 0.725. The Labute approximate surface area is 108 Å². The zero-order valence-corrected chi connectivity index (χ0v) is 11.6. The van der Waals surface area contributed by atoms with Crippen LogP contribution in [0, 0.1) is 0 Å². The summed E-state index contributed by atoms with van der Waals surface area (Å²) in [7, 11) is 0. The predicted octanol–water partition coefficient (Wildman–Crippen LogP) is 1.03. The molecular weight excluding hydrogens is 234 g/mol. The molecule has 1 aliphatic rings. The molecule has 6 nitrogen and oxygen atoms in total. The summed E-state index contributed by atoms with van der Waals surface area (Å²) >= 11 is 0. The molecule has 0 radical (unpaired) electrons. The summed E-state index contributed by atoms with van der Waals surface area (Å²) in [6.07, 6.45) is 1.18. The van der Waals surface area contributed by atoms with E-state index in [0.717, 1.165) is 25.9 Å². The van der Waals surface area contributed by atoms with Crippen molar-refractivity contribution in [3.63, 3.8) is 0 Å². The molecule has 0 spiro atoms. The first kappa shape index (κ1) is 14.8. The first-order valence-electron chi connectivity index (χ1n) is 6.28. The van der Waals surface area contributed by atoms with Crippen LogP contribution in [0.3, 0.4) is 0 Å². The largest absolute Gasteiger partial charge is 0.443 e. The van der Waals surface area contributed by atoms with Gasteiger partial charge in [0.2, 0.25) is 5.91 Å². The van der Waals surface area contributed by atoms with Crippen LogP contribution < -0.4 is 10.9 Å². The molecule has 1 aliphatic heterocycles. The molecule has 1 heterocycles. The Morgan fingerprint density at radius 3 is 2.22 bits per heavy atom. The van der Waals surface area contributed by atoms with E-state index >= 15 is 0 Å². The van der Waals surface area contributed by atoms with Crippen molar-refractivity contribution in [2.75, 3.05) is 13.1 Å². The van der Waals surface area contributed by atoms with E-state index in [0.29, 0.717) is 0 Å². The number of hydrazine groups is 1. The summed E-state index contributed by atoms with van der Waals surface area (Å²) in [6.45, 7) is 8.48. The second-order valence-electron chi connectivity index (χ2n) is 5.55. The van der Waals surface area contributed by atoms with Crippen molar-refractivity contribution < 1.29 is 14.3 Å². The predicted molar refractivity (Wildman–Crippen MR) is 67.8 cm³/mol. The molecule has 0 atom stereocenters. The number of hydrogen-bond acceptors (Lipinski definition) is 4. The maximum Gasteiger partial charge on any atom is 0.422 e. The number of rotatable bonds is 2. The maximum atomic E-state index is 11.4. The number of ether oxygens (including phenoxy) is 1. The van der Waals surface area contributed by atoms with Gasteiger partial charge in [0, 0.05) is 26.1 Å². The van der Waals surface area contributed by atoms with Gasteiger partial charge in [-0.3, -0.25) is 10.2 Å². The van der Waals surface area contributed by atoms with Crippen molar-refractivity contribution >= 4 is 12.0 Å². The standard InChI is InChI=1S/C12H23N3O3/c1-9(16)15-7-5-10(6-8-15)13-14-11(17)18-12(2,3)4/h10,13H,5-8H2,1-4H3,(H,14,17). The van der Waals surface area contributed by atoms with Gasteiger partial charge in [-0.1, -0.05) is 0 Å². The summed E-state index contributed by atoms with van der Waals surface area (Å²) in [6, 6.07) is 0.188. The molecule has 0 aromatic heterocycles. The van der Waals surface area contributed by atoms with Crippen LogP contribution in [0.4, 0.5) is 4.79 Å². The zero-order valence-electron chi connectivity index (χ0n) is 11.6. The Morgan fingerprint density at radius 2 is 1.78 bits per heavy atom. The average Bonchev–Trinajstić information content (AvgIpc) is 2.24. The van der Waals surface area contributed by atoms with E-state index < -0.39 is 11.7 Å². The average molecular weight is 257 g/mol. The van der Waals surface area contributed by atoms with Crippen LogP contribution in [0.1, 0.15) is 40.5 Å². The summed E-state index contributed by atoms with van der Waals surface area (Å²) in [4.78, 5) is 24.4. The third-order valence-corrected chi connectivity index (χ3v) is 2.72. The van der Waals surface area contributed by atoms with Gasteiger partial charge in [-0.05, 0) is 33.6 Å². The molecule has 18 heavy (non-hydrogen) atoms. The van der Waals surface area contributed by atoms with Gasteiger partial charge in [0.05, 0.1) is 0 Å². The molecule has 0 aromatic rings. The Balaban J connectivity index is 2.22. The molecule has 6 heteroatoms. The van der Waals surface area contributed by atoms with Crippen LogP contribution in [0.25, 0.3) is 0 Å². The van der Waals surface area contributed by atoms with Gasteiger partial charge in [-0.2, -0.15) is 0 Å². The molecule has 0 bridgehead atoms. The van der Waals surface area contributed by atoms with Gasteiger partial charge >= 0.3 is 6.09 Å². The second kappa shape index (κ2) is 6.04. The summed E-state index contributed by atoms with van der Waals surface area (Å²) in [5.74, 6) is 0.105. The molecule has 0 aliphatic carbocycles. The monoisotopic (exact) mass is 257 g/mol. The molecule has 0 unspecified atom stereocenters. The minimum Gasteiger partial charge on any atom is -0.443 e. The lowest BCUT2D eigenvalue weighted by molar-refractivity contribution is -0.129. The number of carbonyl (C=O) groups excluding carboxylic acids is 2. The van der Waals surface area contributed by atoms with Crippen LogP contribution in [0.2, 0.25) is 0 Å². The lowest BCUT2D eigenvalue weighted by atomic mass is 10.1. The number of carbonyl (C=O) groups is 2. The SMILES string of the molecule is CC(=O)N1CCC(NNC(=O)OC(C)(C)C)CC1. The first-order valence-corrected chi connectivity index (χ1v) is 6.28. The van der Waals surface area contributed by atoms with E-state index in [1.165, 1.54) is 0 Å². The van der Waals surface area contributed by atoms with E-state index in [9.17, 15) is 9.59 Å². The fourth-order valence-electron chi connectivity index (χ4n) is 1.80. The highest BCUT2D eigenvalue weighted by Gasteiger charge is 2.22. The Kier molecular flexibility index (Phi) is 4.95. The van der Waals surface area contributed by atoms with Gasteiger partial charge in [0.15, 0.2) is 0 Å². The van der Waals surface area contributed by atoms with E-state index in [1.807, 2.05) is 25.7 Å². The minimum atomic E-state index is -0.496. The van der Waals surface area contributed by atoms with Crippen molar-refractivity contribution in [3.05, 3.63) is 0 Å². The molecule has 104 valence electrons. The minimum absolute atomic E-state index is 0.105. The van der Waals surface area contributed by atoms with Crippen LogP contribution in [-0.2, 0) is 9.53 Å². The highest BCUT2D eigenvalue weighted by Crippen LogP contribution is 2.10. The van der Waals surface area contributed by atoms with Gasteiger partial charge in [-0.15, -0.1) is 0 Å². The fraction of sp³-hybridized carbons (Fsp3) is 0.833. The number of amides is 2. The number of nitrogens with one attached hydrogen (secondary N) is 2. The molecule has 0 aromatic carbocycles. The second-order valence-corrected chi connectivity index (χ2v) is 5.55. The highest BCUT2D eigenvalue weighted by molar-refractivity contribution is 5.73. The Hall–Kier alpha value is -1.30. The zero-order chi connectivity index (χ0) is 13.8. The molecule has 1 rings (SSSR count). The van der Waals surface area contributed by atoms with Gasteiger partial charge < -0.3 is 9.64 Å². The van der Waals surface area contributed by atoms with Gasteiger partial charge in [-0.25, -0.2) is 10.2 Å². The molecule has 1 fully saturated rings. The van der Waals surface area contributed by atoms with E-state index in [-0.39, 0.29) is 11.9 Å². The van der Waals surface area contributed by atoms with Crippen molar-refractivity contribution in [1.82, 2.24) is 15.8 Å². The number of hydrogen-bond donors (Lipinski definition) is 2. The molecule has 0 saturated carbocycles. The normalized spacial score (nSPS) is 17.4. The smallest absolute Gasteiger partial charge is 0.422 e. The van der Waals surface area contributed by atoms with Crippen molar-refractivity contribution in [1.29, 1.82) is 0 Å². The lowest BCUT2D eigenvalue weighted by Crippen LogP contribution is -2.51. The molecule has 2 amide bonds. The highest BCUT2D eigenvalue weighted by atomic mass is 16.6. The van der Waals surface area contributed by atoms with Crippen LogP contribution in [0.5, 0.6) is 0 Å². The van der Waals surface area contributed by atoms with E-state index in [4.69, 9.17) is 4.74 Å². The van der Waals surface area contributed by atoms with Crippen LogP contribution in [0.15, 0.2) is 0 Å². The van der Waals surface area contributed by atoms with Crippen molar-refractivity contribution in [2.24, 2.45) is 0 Å². The van der Waals surface area contributed by atoms with E-state index in [2.05, 4.69) is 10.9 Å². The van der Waals surface area contributed by atoms with Crippen LogP contribution in [-0.4, -0.2) is 41.6 Å². The number of nitrogens with zero attached hydrogens (tertiary/aromatic N) is 1. The fourth-order valence-corrected chi connectivity index (χ4v) is 1.80. The third kappa shape index (κ3) is 5.35. The summed E-state index contributed by atoms with van der Waals surface area (Å²) in [5.41, 5.74) is 4.98. The summed E-state index contributed by atoms with van der Waals surface area (Å²) in [5, 5.41) is 0. The van der Waals surface area contributed by atoms with Crippen LogP contribution >= 0.6 is 0 Å². The maximum absolute atomic E-state index is 11.4. The number of piperidine rings is 1. The van der Waals surface area contributed by atoms with E-state index in [1.54, 1.807) is 6.92 Å². The van der Waals surface area contributed by atoms with Gasteiger partial charge in [0.1, 0.15) is 5.60 Å². The molecule has 2 N–H and O–H groups in total. The topological polar surface area (TPSA) is 70.7 Å². The molecular formula is C12H23N3O3. The first-order chi connectivity index (χ1) is 8.28. The van der Waals surface area contributed by atoms with Crippen molar-refractivity contribution in [2.45, 2.75) is 52.2 Å². The van der Waals surface area contributed by atoms with Crippen molar-refractivity contribution in [3.8, 4) is 0 Å². The third-order valence-electron chi connectivity index (χ3n) is 2.72.